The first-order valence-electron chi connectivity index (χ1n) is 4.99. The average molecular weight is 212 g/mol. The van der Waals surface area contributed by atoms with Crippen LogP contribution in [0.3, 0.4) is 0 Å². The van der Waals surface area contributed by atoms with Crippen LogP contribution in [-0.2, 0) is 11.0 Å². The van der Waals surface area contributed by atoms with E-state index in [0.29, 0.717) is 18.7 Å². The minimum Gasteiger partial charge on any atom is -0.344 e. The third kappa shape index (κ3) is 4.08. The van der Waals surface area contributed by atoms with Gasteiger partial charge in [0.1, 0.15) is 0 Å². The van der Waals surface area contributed by atoms with Gasteiger partial charge in [0.25, 0.3) is 0 Å². The summed E-state index contributed by atoms with van der Waals surface area (Å²) >= 11 is 0. The van der Waals surface area contributed by atoms with E-state index in [1.54, 1.807) is 0 Å². The van der Waals surface area contributed by atoms with Gasteiger partial charge < -0.3 is 4.89 Å². The lowest BCUT2D eigenvalue weighted by atomic mass is 10.2. The molecule has 14 heavy (non-hydrogen) atoms. The first-order chi connectivity index (χ1) is 6.64. The van der Waals surface area contributed by atoms with E-state index in [0.717, 1.165) is 12.0 Å². The smallest absolute Gasteiger partial charge is 0.200 e. The molecule has 1 rings (SSSR count). The summed E-state index contributed by atoms with van der Waals surface area (Å²) < 4.78 is 11.5. The van der Waals surface area contributed by atoms with Crippen molar-refractivity contribution in [2.45, 2.75) is 19.8 Å². The first kappa shape index (κ1) is 11.5. The van der Waals surface area contributed by atoms with E-state index >= 15 is 0 Å². The molecule has 1 N–H and O–H groups in total. The van der Waals surface area contributed by atoms with E-state index in [4.69, 9.17) is 0 Å². The lowest BCUT2D eigenvalue weighted by molar-refractivity contribution is 0.476. The molecular formula is C11H17O2P. The predicted octanol–water partition coefficient (Wildman–Crippen LogP) is 2.91. The second-order valence-electron chi connectivity index (χ2n) is 3.53. The number of aryl methyl sites for hydroxylation is 1. The molecule has 0 fully saturated rings. The number of benzene rings is 1. The minimum absolute atomic E-state index is 0.408. The highest BCUT2D eigenvalue weighted by Gasteiger charge is 2.15. The number of hydrogen-bond acceptors (Lipinski definition) is 1. The fourth-order valence-corrected chi connectivity index (χ4v) is 2.94. The molecule has 0 heterocycles. The van der Waals surface area contributed by atoms with E-state index in [2.05, 4.69) is 0 Å². The molecule has 0 spiro atoms. The van der Waals surface area contributed by atoms with Gasteiger partial charge in [0.2, 0.25) is 7.37 Å². The summed E-state index contributed by atoms with van der Waals surface area (Å²) in [5.41, 5.74) is 1.14. The van der Waals surface area contributed by atoms with Crippen molar-refractivity contribution in [1.82, 2.24) is 0 Å². The summed E-state index contributed by atoms with van der Waals surface area (Å²) in [7, 11) is -2.86. The van der Waals surface area contributed by atoms with Gasteiger partial charge in [-0.05, 0) is 18.4 Å². The second kappa shape index (κ2) is 5.33. The van der Waals surface area contributed by atoms with Gasteiger partial charge >= 0.3 is 0 Å². The van der Waals surface area contributed by atoms with Crippen LogP contribution in [0.5, 0.6) is 0 Å². The molecule has 0 aliphatic carbocycles. The Morgan fingerprint density at radius 3 is 2.43 bits per heavy atom. The molecule has 0 saturated carbocycles. The van der Waals surface area contributed by atoms with Gasteiger partial charge in [-0.2, -0.15) is 0 Å². The van der Waals surface area contributed by atoms with Crippen LogP contribution in [0.1, 0.15) is 18.9 Å². The Bertz CT molecular complexity index is 308. The molecular weight excluding hydrogens is 195 g/mol. The Balaban J connectivity index is 2.45. The Morgan fingerprint density at radius 1 is 1.21 bits per heavy atom. The van der Waals surface area contributed by atoms with Crippen LogP contribution in [0.15, 0.2) is 30.3 Å². The van der Waals surface area contributed by atoms with Crippen LogP contribution < -0.4 is 0 Å². The summed E-state index contributed by atoms with van der Waals surface area (Å²) in [6.07, 6.45) is 2.34. The summed E-state index contributed by atoms with van der Waals surface area (Å²) in [5, 5.41) is 0. The molecule has 1 aromatic carbocycles. The van der Waals surface area contributed by atoms with Crippen LogP contribution in [-0.4, -0.2) is 17.2 Å². The molecule has 0 bridgehead atoms. The van der Waals surface area contributed by atoms with Gasteiger partial charge in [0.15, 0.2) is 0 Å². The molecule has 0 aromatic heterocycles. The van der Waals surface area contributed by atoms with Crippen LogP contribution in [0.25, 0.3) is 0 Å². The first-order valence-corrected chi connectivity index (χ1v) is 7.02. The Morgan fingerprint density at radius 2 is 1.86 bits per heavy atom. The summed E-state index contributed by atoms with van der Waals surface area (Å²) in [4.78, 5) is 9.53. The molecule has 0 radical (unpaired) electrons. The maximum absolute atomic E-state index is 11.5. The lowest BCUT2D eigenvalue weighted by Crippen LogP contribution is -1.97. The van der Waals surface area contributed by atoms with Gasteiger partial charge in [-0.3, -0.25) is 4.57 Å². The molecule has 0 aliphatic heterocycles. The molecule has 1 aromatic rings. The van der Waals surface area contributed by atoms with Crippen molar-refractivity contribution in [2.24, 2.45) is 0 Å². The molecule has 1 unspecified atom stereocenters. The highest BCUT2D eigenvalue weighted by atomic mass is 31.2. The fourth-order valence-electron chi connectivity index (χ4n) is 1.41. The minimum atomic E-state index is -2.86. The molecule has 1 atom stereocenters. The van der Waals surface area contributed by atoms with Gasteiger partial charge in [-0.15, -0.1) is 0 Å². The van der Waals surface area contributed by atoms with Crippen molar-refractivity contribution in [3.05, 3.63) is 35.9 Å². The third-order valence-corrected chi connectivity index (χ3v) is 4.23. The molecule has 0 amide bonds. The molecule has 3 heteroatoms. The van der Waals surface area contributed by atoms with Gasteiger partial charge in [-0.25, -0.2) is 0 Å². The summed E-state index contributed by atoms with van der Waals surface area (Å²) in [6, 6.07) is 9.85. The SMILES string of the molecule is CCCP(=O)(O)CCc1ccccc1. The van der Waals surface area contributed by atoms with E-state index < -0.39 is 7.37 Å². The van der Waals surface area contributed by atoms with E-state index in [9.17, 15) is 9.46 Å². The summed E-state index contributed by atoms with van der Waals surface area (Å²) in [5.74, 6) is 0. The molecule has 0 aliphatic rings. The second-order valence-corrected chi connectivity index (χ2v) is 6.12. The van der Waals surface area contributed by atoms with E-state index in [-0.39, 0.29) is 0 Å². The highest BCUT2D eigenvalue weighted by molar-refractivity contribution is 7.57. The predicted molar refractivity (Wildman–Crippen MR) is 60.0 cm³/mol. The maximum atomic E-state index is 11.5. The largest absolute Gasteiger partial charge is 0.344 e. The number of hydrogen-bond donors (Lipinski definition) is 1. The van der Waals surface area contributed by atoms with E-state index in [1.807, 2.05) is 37.3 Å². The topological polar surface area (TPSA) is 37.3 Å². The van der Waals surface area contributed by atoms with Crippen molar-refractivity contribution in [1.29, 1.82) is 0 Å². The van der Waals surface area contributed by atoms with Crippen LogP contribution >= 0.6 is 7.37 Å². The standard InChI is InChI=1S/C11H17O2P/c1-2-9-14(12,13)10-8-11-6-4-3-5-7-11/h3-7H,2,8-10H2,1H3,(H,12,13). The zero-order chi connectivity index (χ0) is 10.4. The zero-order valence-corrected chi connectivity index (χ0v) is 9.41. The van der Waals surface area contributed by atoms with Crippen molar-refractivity contribution in [3.8, 4) is 0 Å². The zero-order valence-electron chi connectivity index (χ0n) is 8.52. The van der Waals surface area contributed by atoms with Gasteiger partial charge in [0.05, 0.1) is 0 Å². The van der Waals surface area contributed by atoms with E-state index in [1.165, 1.54) is 0 Å². The molecule has 78 valence electrons. The maximum Gasteiger partial charge on any atom is 0.200 e. The van der Waals surface area contributed by atoms with Gasteiger partial charge in [-0.1, -0.05) is 37.3 Å². The molecule has 0 saturated heterocycles. The average Bonchev–Trinajstić information content (AvgIpc) is 2.17. The lowest BCUT2D eigenvalue weighted by Gasteiger charge is -2.09. The van der Waals surface area contributed by atoms with Crippen molar-refractivity contribution in [3.63, 3.8) is 0 Å². The quantitative estimate of drug-likeness (QED) is 0.762. The van der Waals surface area contributed by atoms with Crippen molar-refractivity contribution < 1.29 is 9.46 Å². The third-order valence-electron chi connectivity index (χ3n) is 2.17. The molecule has 2 nitrogen and oxygen atoms in total. The Labute approximate surface area is 85.4 Å². The number of rotatable bonds is 5. The monoisotopic (exact) mass is 212 g/mol. The van der Waals surface area contributed by atoms with Crippen LogP contribution in [0, 0.1) is 0 Å². The fraction of sp³-hybridized carbons (Fsp3) is 0.455. The normalized spacial score (nSPS) is 15.0. The highest BCUT2D eigenvalue weighted by Crippen LogP contribution is 2.41. The summed E-state index contributed by atoms with van der Waals surface area (Å²) in [6.45, 7) is 1.94. The van der Waals surface area contributed by atoms with Crippen molar-refractivity contribution >= 4 is 7.37 Å². The van der Waals surface area contributed by atoms with Gasteiger partial charge in [0, 0.05) is 12.3 Å². The Kier molecular flexibility index (Phi) is 4.37. The van der Waals surface area contributed by atoms with Crippen LogP contribution in [0.4, 0.5) is 0 Å². The van der Waals surface area contributed by atoms with Crippen molar-refractivity contribution in [2.75, 3.05) is 12.3 Å². The van der Waals surface area contributed by atoms with Crippen LogP contribution in [0.2, 0.25) is 0 Å². The Hall–Kier alpha value is -0.590.